The number of nitrogens with one attached hydrogen (secondary N) is 1. The van der Waals surface area contributed by atoms with Crippen LogP contribution in [0.3, 0.4) is 0 Å². The highest BCUT2D eigenvalue weighted by atomic mass is 35.5. The Balaban J connectivity index is 3.18. The first-order chi connectivity index (χ1) is 11.0. The van der Waals surface area contributed by atoms with Crippen molar-refractivity contribution in [3.05, 3.63) is 29.3 Å². The third kappa shape index (κ3) is 5.76. The van der Waals surface area contributed by atoms with Gasteiger partial charge in [0.15, 0.2) is 6.19 Å². The highest BCUT2D eigenvalue weighted by Crippen LogP contribution is 2.15. The maximum atomic E-state index is 12.3. The van der Waals surface area contributed by atoms with Crippen molar-refractivity contribution in [3.8, 4) is 6.19 Å². The number of benzene rings is 1. The van der Waals surface area contributed by atoms with Crippen molar-refractivity contribution in [2.24, 2.45) is 0 Å². The quantitative estimate of drug-likeness (QED) is 0.526. The molecule has 1 aromatic rings. The van der Waals surface area contributed by atoms with Gasteiger partial charge in [-0.2, -0.15) is 9.98 Å². The number of rotatable bonds is 7. The number of nitriles is 1. The van der Waals surface area contributed by atoms with Gasteiger partial charge in [0, 0.05) is 17.8 Å². The van der Waals surface area contributed by atoms with Crippen molar-refractivity contribution in [3.63, 3.8) is 0 Å². The maximum absolute atomic E-state index is 12.3. The summed E-state index contributed by atoms with van der Waals surface area (Å²) in [6, 6.07) is 3.51. The van der Waals surface area contributed by atoms with Crippen LogP contribution in [-0.4, -0.2) is 52.2 Å². The van der Waals surface area contributed by atoms with Crippen molar-refractivity contribution >= 4 is 37.4 Å². The van der Waals surface area contributed by atoms with Crippen molar-refractivity contribution in [2.75, 3.05) is 18.6 Å². The molecule has 0 radical (unpaired) electrons. The lowest BCUT2D eigenvalue weighted by atomic mass is 10.3. The summed E-state index contributed by atoms with van der Waals surface area (Å²) >= 11 is 5.69. The van der Waals surface area contributed by atoms with Crippen LogP contribution in [0.4, 0.5) is 0 Å². The van der Waals surface area contributed by atoms with Gasteiger partial charge in [-0.3, -0.25) is 4.79 Å². The molecular formula is C13H16ClN3O5S2. The van der Waals surface area contributed by atoms with E-state index < -0.39 is 37.6 Å². The van der Waals surface area contributed by atoms with Gasteiger partial charge in [-0.15, -0.1) is 0 Å². The van der Waals surface area contributed by atoms with Crippen LogP contribution < -0.4 is 4.72 Å². The minimum absolute atomic E-state index is 0.0156. The van der Waals surface area contributed by atoms with Crippen LogP contribution >= 0.6 is 11.6 Å². The number of amides is 1. The average Bonchev–Trinajstić information content (AvgIpc) is 2.46. The molecular weight excluding hydrogens is 378 g/mol. The molecule has 132 valence electrons. The van der Waals surface area contributed by atoms with Crippen molar-refractivity contribution in [2.45, 2.75) is 17.9 Å². The summed E-state index contributed by atoms with van der Waals surface area (Å²) in [5, 5.41) is 9.22. The minimum atomic E-state index is -4.17. The lowest BCUT2D eigenvalue weighted by Gasteiger charge is -2.21. The summed E-state index contributed by atoms with van der Waals surface area (Å²) in [5.74, 6) is -1.71. The fourth-order valence-electron chi connectivity index (χ4n) is 1.79. The largest absolute Gasteiger partial charge is 0.272 e. The van der Waals surface area contributed by atoms with Gasteiger partial charge in [-0.05, 0) is 31.2 Å². The molecule has 8 nitrogen and oxygen atoms in total. The summed E-state index contributed by atoms with van der Waals surface area (Å²) < 4.78 is 49.7. The monoisotopic (exact) mass is 393 g/mol. The van der Waals surface area contributed by atoms with Crippen molar-refractivity contribution < 1.29 is 21.6 Å². The molecule has 0 aliphatic carbocycles. The van der Waals surface area contributed by atoms with Gasteiger partial charge in [0.25, 0.3) is 5.91 Å². The number of hydrogen-bond donors (Lipinski definition) is 1. The average molecular weight is 394 g/mol. The van der Waals surface area contributed by atoms with Crippen LogP contribution in [0.1, 0.15) is 6.92 Å². The van der Waals surface area contributed by atoms with Crippen LogP contribution in [0, 0.1) is 11.5 Å². The molecule has 0 aromatic heterocycles. The molecule has 0 fully saturated rings. The Morgan fingerprint density at radius 3 is 2.25 bits per heavy atom. The second kappa shape index (κ2) is 7.94. The van der Waals surface area contributed by atoms with E-state index in [0.29, 0.717) is 9.92 Å². The Morgan fingerprint density at radius 1 is 1.29 bits per heavy atom. The summed E-state index contributed by atoms with van der Waals surface area (Å²) in [5.41, 5.74) is 0. The number of sulfonamides is 1. The Labute approximate surface area is 146 Å². The van der Waals surface area contributed by atoms with E-state index in [1.165, 1.54) is 31.2 Å². The van der Waals surface area contributed by atoms with Crippen LogP contribution in [0.2, 0.25) is 5.02 Å². The van der Waals surface area contributed by atoms with E-state index in [4.69, 9.17) is 16.9 Å². The molecule has 0 heterocycles. The lowest BCUT2D eigenvalue weighted by Crippen LogP contribution is -2.50. The number of carbonyl (C=O) groups excluding carboxylic acids is 1. The standard InChI is InChI=1S/C13H16ClN3O5S2/c1-3-17(9-15)13(18)12(8-23(2,19)20)16-24(21,22)11-6-4-10(14)5-7-11/h4-7,12,16H,3,8H2,1-2H3. The van der Waals surface area contributed by atoms with E-state index in [2.05, 4.69) is 0 Å². The SMILES string of the molecule is CCN(C#N)C(=O)C(CS(C)(=O)=O)NS(=O)(=O)c1ccc(Cl)cc1. The predicted molar refractivity (Wildman–Crippen MR) is 88.3 cm³/mol. The Hall–Kier alpha value is -1.67. The molecule has 1 rings (SSSR count). The van der Waals surface area contributed by atoms with Gasteiger partial charge in [0.1, 0.15) is 15.9 Å². The molecule has 0 aliphatic rings. The molecule has 1 atom stereocenters. The molecule has 0 bridgehead atoms. The summed E-state index contributed by atoms with van der Waals surface area (Å²) in [7, 11) is -7.86. The van der Waals surface area contributed by atoms with Crippen LogP contribution in [0.15, 0.2) is 29.2 Å². The lowest BCUT2D eigenvalue weighted by molar-refractivity contribution is -0.129. The molecule has 0 saturated carbocycles. The normalized spacial score (nSPS) is 13.1. The fraction of sp³-hybridized carbons (Fsp3) is 0.385. The fourth-order valence-corrected chi connectivity index (χ4v) is 4.04. The highest BCUT2D eigenvalue weighted by molar-refractivity contribution is 7.91. The molecule has 0 aliphatic heterocycles. The van der Waals surface area contributed by atoms with Gasteiger partial charge < -0.3 is 0 Å². The number of likely N-dealkylation sites (N-methyl/N-ethyl adjacent to an activating group) is 1. The maximum Gasteiger partial charge on any atom is 0.254 e. The molecule has 0 spiro atoms. The number of halogens is 1. The third-order valence-electron chi connectivity index (χ3n) is 2.89. The Bertz CT molecular complexity index is 845. The molecule has 1 aromatic carbocycles. The second-order valence-corrected chi connectivity index (χ2v) is 9.24. The molecule has 1 unspecified atom stereocenters. The minimum Gasteiger partial charge on any atom is -0.272 e. The number of sulfone groups is 1. The summed E-state index contributed by atoms with van der Waals surface area (Å²) in [6.07, 6.45) is 2.46. The van der Waals surface area contributed by atoms with Crippen LogP contribution in [-0.2, 0) is 24.7 Å². The van der Waals surface area contributed by atoms with E-state index in [1.807, 2.05) is 4.72 Å². The van der Waals surface area contributed by atoms with E-state index in [9.17, 15) is 21.6 Å². The van der Waals surface area contributed by atoms with Gasteiger partial charge in [0.2, 0.25) is 10.0 Å². The zero-order valence-electron chi connectivity index (χ0n) is 12.9. The van der Waals surface area contributed by atoms with Crippen molar-refractivity contribution in [1.29, 1.82) is 5.26 Å². The zero-order valence-corrected chi connectivity index (χ0v) is 15.3. The number of hydrogen-bond acceptors (Lipinski definition) is 6. The third-order valence-corrected chi connectivity index (χ3v) is 5.57. The number of nitrogens with zero attached hydrogens (tertiary/aromatic N) is 2. The molecule has 1 N–H and O–H groups in total. The topological polar surface area (TPSA) is 124 Å². The smallest absolute Gasteiger partial charge is 0.254 e. The van der Waals surface area contributed by atoms with Gasteiger partial charge in [-0.1, -0.05) is 11.6 Å². The van der Waals surface area contributed by atoms with Crippen molar-refractivity contribution in [1.82, 2.24) is 9.62 Å². The van der Waals surface area contributed by atoms with E-state index in [-0.39, 0.29) is 11.4 Å². The van der Waals surface area contributed by atoms with Gasteiger partial charge >= 0.3 is 0 Å². The molecule has 11 heteroatoms. The van der Waals surface area contributed by atoms with Crippen LogP contribution in [0.25, 0.3) is 0 Å². The molecule has 0 saturated heterocycles. The Kier molecular flexibility index (Phi) is 6.74. The first kappa shape index (κ1) is 20.4. The summed E-state index contributed by atoms with van der Waals surface area (Å²) in [6.45, 7) is 1.49. The first-order valence-electron chi connectivity index (χ1n) is 6.67. The van der Waals surface area contributed by atoms with E-state index in [0.717, 1.165) is 6.26 Å². The molecule has 24 heavy (non-hydrogen) atoms. The molecule has 1 amide bonds. The Morgan fingerprint density at radius 2 is 1.83 bits per heavy atom. The van der Waals surface area contributed by atoms with E-state index in [1.54, 1.807) is 6.19 Å². The van der Waals surface area contributed by atoms with Gasteiger partial charge in [-0.25, -0.2) is 21.7 Å². The van der Waals surface area contributed by atoms with Crippen LogP contribution in [0.5, 0.6) is 0 Å². The summed E-state index contributed by atoms with van der Waals surface area (Å²) in [4.78, 5) is 12.7. The second-order valence-electron chi connectivity index (χ2n) is 4.90. The van der Waals surface area contributed by atoms with E-state index >= 15 is 0 Å². The number of carbonyl (C=O) groups is 1. The zero-order chi connectivity index (χ0) is 18.5. The predicted octanol–water partition coefficient (Wildman–Crippen LogP) is 0.361. The van der Waals surface area contributed by atoms with Gasteiger partial charge in [0.05, 0.1) is 10.6 Å². The highest BCUT2D eigenvalue weighted by Gasteiger charge is 2.31. The first-order valence-corrected chi connectivity index (χ1v) is 10.6.